The number of ether oxygens (including phenoxy) is 1. The summed E-state index contributed by atoms with van der Waals surface area (Å²) >= 11 is 6.01. The van der Waals surface area contributed by atoms with Crippen LogP contribution in [0.1, 0.15) is 5.56 Å². The summed E-state index contributed by atoms with van der Waals surface area (Å²) in [7, 11) is 0. The van der Waals surface area contributed by atoms with Crippen molar-refractivity contribution >= 4 is 29.2 Å². The van der Waals surface area contributed by atoms with Crippen LogP contribution in [0, 0.1) is 0 Å². The maximum Gasteiger partial charge on any atom is 0.421 e. The fraction of sp³-hybridized carbons (Fsp3) is 0.0714. The number of pyridine rings is 1. The molecule has 0 aliphatic heterocycles. The van der Waals surface area contributed by atoms with Crippen LogP contribution >= 0.6 is 11.6 Å². The van der Waals surface area contributed by atoms with E-state index >= 15 is 0 Å². The number of aliphatic imine (C=N–C) groups is 2. The lowest BCUT2D eigenvalue weighted by molar-refractivity contribution is -0.138. The van der Waals surface area contributed by atoms with E-state index in [0.717, 1.165) is 12.1 Å². The number of guanidine groups is 2. The number of alkyl halides is 3. The Morgan fingerprint density at radius 3 is 2.48 bits per heavy atom. The molecule has 0 saturated heterocycles. The van der Waals surface area contributed by atoms with E-state index in [1.807, 2.05) is 0 Å². The number of hydrogen-bond donors (Lipinski definition) is 3. The topological polar surface area (TPSA) is 125 Å². The molecule has 0 spiro atoms. The molecule has 11 heteroatoms. The summed E-state index contributed by atoms with van der Waals surface area (Å²) in [6, 6.07) is 6.06. The standard InChI is InChI=1S/C14H12ClF3N6O/c15-9-6-7(23-13(21)24-12(19)20)3-4-10(9)25-11-8(14(16,17)18)2-1-5-22-11/h1-6H,(H6,19,20,21,23,24). The van der Waals surface area contributed by atoms with Gasteiger partial charge in [-0.2, -0.15) is 18.2 Å². The molecule has 0 unspecified atom stereocenters. The molecule has 6 N–H and O–H groups in total. The summed E-state index contributed by atoms with van der Waals surface area (Å²) in [6.45, 7) is 0. The number of rotatable bonds is 3. The molecule has 25 heavy (non-hydrogen) atoms. The third kappa shape index (κ3) is 4.98. The summed E-state index contributed by atoms with van der Waals surface area (Å²) in [6.07, 6.45) is -3.44. The van der Waals surface area contributed by atoms with Crippen LogP contribution in [0.5, 0.6) is 11.6 Å². The second-order valence-electron chi connectivity index (χ2n) is 4.58. The molecule has 0 saturated carbocycles. The number of aromatic nitrogens is 1. The highest BCUT2D eigenvalue weighted by Crippen LogP contribution is 2.38. The average molecular weight is 373 g/mol. The molecule has 0 amide bonds. The zero-order valence-corrected chi connectivity index (χ0v) is 13.2. The van der Waals surface area contributed by atoms with Gasteiger partial charge >= 0.3 is 6.18 Å². The molecule has 0 fully saturated rings. The largest absolute Gasteiger partial charge is 0.437 e. The maximum absolute atomic E-state index is 12.9. The van der Waals surface area contributed by atoms with Crippen molar-refractivity contribution in [3.05, 3.63) is 47.1 Å². The van der Waals surface area contributed by atoms with Gasteiger partial charge in [0.2, 0.25) is 11.8 Å². The van der Waals surface area contributed by atoms with E-state index in [2.05, 4.69) is 15.0 Å². The fourth-order valence-corrected chi connectivity index (χ4v) is 1.94. The van der Waals surface area contributed by atoms with Crippen molar-refractivity contribution in [3.8, 4) is 11.6 Å². The Morgan fingerprint density at radius 1 is 1.16 bits per heavy atom. The monoisotopic (exact) mass is 372 g/mol. The van der Waals surface area contributed by atoms with E-state index in [-0.39, 0.29) is 28.4 Å². The van der Waals surface area contributed by atoms with Crippen molar-refractivity contribution in [2.75, 3.05) is 0 Å². The normalized spacial score (nSPS) is 11.9. The molecule has 0 aliphatic rings. The third-order valence-electron chi connectivity index (χ3n) is 2.69. The van der Waals surface area contributed by atoms with E-state index < -0.39 is 17.6 Å². The minimum Gasteiger partial charge on any atom is -0.437 e. The van der Waals surface area contributed by atoms with Gasteiger partial charge in [-0.25, -0.2) is 9.98 Å². The van der Waals surface area contributed by atoms with Gasteiger partial charge in [-0.05, 0) is 30.3 Å². The Kier molecular flexibility index (Phi) is 5.32. The Hall–Kier alpha value is -3.01. The Labute approximate surface area is 145 Å². The predicted molar refractivity (Wildman–Crippen MR) is 87.9 cm³/mol. The minimum atomic E-state index is -4.62. The fourth-order valence-electron chi connectivity index (χ4n) is 1.72. The zero-order chi connectivity index (χ0) is 18.6. The highest BCUT2D eigenvalue weighted by Gasteiger charge is 2.35. The van der Waals surface area contributed by atoms with Crippen LogP contribution in [0.15, 0.2) is 46.5 Å². The summed E-state index contributed by atoms with van der Waals surface area (Å²) in [5.41, 5.74) is 15.0. The number of benzene rings is 1. The average Bonchev–Trinajstić information content (AvgIpc) is 2.48. The molecular weight excluding hydrogens is 361 g/mol. The highest BCUT2D eigenvalue weighted by atomic mass is 35.5. The summed E-state index contributed by atoms with van der Waals surface area (Å²) in [5, 5.41) is -0.00229. The predicted octanol–water partition coefficient (Wildman–Crippen LogP) is 2.77. The molecule has 0 aliphatic carbocycles. The SMILES string of the molecule is NC(N)=NC(N)=Nc1ccc(Oc2ncccc2C(F)(F)F)c(Cl)c1. The minimum absolute atomic E-state index is 0.00229. The van der Waals surface area contributed by atoms with Crippen molar-refractivity contribution in [1.82, 2.24) is 4.98 Å². The van der Waals surface area contributed by atoms with Crippen molar-refractivity contribution in [2.45, 2.75) is 6.18 Å². The van der Waals surface area contributed by atoms with Crippen LogP contribution in [0.3, 0.4) is 0 Å². The first kappa shape index (κ1) is 18.3. The summed E-state index contributed by atoms with van der Waals surface area (Å²) < 4.78 is 44.0. The molecule has 1 heterocycles. The van der Waals surface area contributed by atoms with Gasteiger partial charge < -0.3 is 21.9 Å². The van der Waals surface area contributed by atoms with Crippen LogP contribution in [0.2, 0.25) is 5.02 Å². The zero-order valence-electron chi connectivity index (χ0n) is 12.5. The van der Waals surface area contributed by atoms with Crippen LogP contribution in [-0.4, -0.2) is 16.9 Å². The van der Waals surface area contributed by atoms with E-state index in [1.165, 1.54) is 24.4 Å². The summed E-state index contributed by atoms with van der Waals surface area (Å²) in [4.78, 5) is 11.0. The van der Waals surface area contributed by atoms with Crippen molar-refractivity contribution < 1.29 is 17.9 Å². The van der Waals surface area contributed by atoms with E-state index in [9.17, 15) is 13.2 Å². The van der Waals surface area contributed by atoms with Crippen LogP contribution in [0.4, 0.5) is 18.9 Å². The highest BCUT2D eigenvalue weighted by molar-refractivity contribution is 6.32. The number of nitrogens with two attached hydrogens (primary N) is 3. The van der Waals surface area contributed by atoms with Crippen LogP contribution in [-0.2, 0) is 6.18 Å². The lowest BCUT2D eigenvalue weighted by Gasteiger charge is -2.13. The maximum atomic E-state index is 12.9. The van der Waals surface area contributed by atoms with Gasteiger partial charge in [0.25, 0.3) is 0 Å². The van der Waals surface area contributed by atoms with Crippen LogP contribution < -0.4 is 21.9 Å². The van der Waals surface area contributed by atoms with Gasteiger partial charge in [-0.15, -0.1) is 0 Å². The first-order valence-electron chi connectivity index (χ1n) is 6.60. The molecule has 2 rings (SSSR count). The molecule has 0 radical (unpaired) electrons. The van der Waals surface area contributed by atoms with E-state index in [4.69, 9.17) is 33.5 Å². The van der Waals surface area contributed by atoms with Gasteiger partial charge in [0.15, 0.2) is 5.96 Å². The van der Waals surface area contributed by atoms with E-state index in [1.54, 1.807) is 0 Å². The van der Waals surface area contributed by atoms with Crippen LogP contribution in [0.25, 0.3) is 0 Å². The Morgan fingerprint density at radius 2 is 1.88 bits per heavy atom. The molecule has 132 valence electrons. The molecule has 0 bridgehead atoms. The van der Waals surface area contributed by atoms with Gasteiger partial charge in [-0.3, -0.25) is 0 Å². The molecule has 0 atom stereocenters. The smallest absolute Gasteiger partial charge is 0.421 e. The molecule has 2 aromatic rings. The lowest BCUT2D eigenvalue weighted by atomic mass is 10.2. The van der Waals surface area contributed by atoms with E-state index in [0.29, 0.717) is 0 Å². The van der Waals surface area contributed by atoms with Crippen molar-refractivity contribution in [1.29, 1.82) is 0 Å². The number of halogens is 4. The van der Waals surface area contributed by atoms with Gasteiger partial charge in [0, 0.05) is 6.20 Å². The summed E-state index contributed by atoms with van der Waals surface area (Å²) in [5.74, 6) is -1.14. The quantitative estimate of drug-likeness (QED) is 0.564. The van der Waals surface area contributed by atoms with Gasteiger partial charge in [0.05, 0.1) is 10.7 Å². The lowest BCUT2D eigenvalue weighted by Crippen LogP contribution is -2.26. The van der Waals surface area contributed by atoms with Crippen molar-refractivity contribution in [2.24, 2.45) is 27.2 Å². The number of hydrogen-bond acceptors (Lipinski definition) is 3. The first-order chi connectivity index (χ1) is 11.7. The Bertz CT molecular complexity index is 834. The Balaban J connectivity index is 2.31. The van der Waals surface area contributed by atoms with Gasteiger partial charge in [0.1, 0.15) is 11.3 Å². The van der Waals surface area contributed by atoms with Crippen molar-refractivity contribution in [3.63, 3.8) is 0 Å². The first-order valence-corrected chi connectivity index (χ1v) is 6.98. The third-order valence-corrected chi connectivity index (χ3v) is 2.98. The van der Waals surface area contributed by atoms with Gasteiger partial charge in [-0.1, -0.05) is 11.6 Å². The second-order valence-corrected chi connectivity index (χ2v) is 4.98. The molecule has 1 aromatic carbocycles. The molecule has 1 aromatic heterocycles. The molecule has 7 nitrogen and oxygen atoms in total. The number of nitrogens with zero attached hydrogens (tertiary/aromatic N) is 3. The molecular formula is C14H12ClF3N6O. The second kappa shape index (κ2) is 7.26.